The molecule has 1 unspecified atom stereocenters. The molecule has 2 heterocycles. The first-order valence-corrected chi connectivity index (χ1v) is 8.45. The maximum absolute atomic E-state index is 14.1. The molecule has 22 heavy (non-hydrogen) atoms. The van der Waals surface area contributed by atoms with Crippen LogP contribution < -0.4 is 10.6 Å². The summed E-state index contributed by atoms with van der Waals surface area (Å²) in [5.41, 5.74) is 5.43. The number of aromatic nitrogens is 1. The lowest BCUT2D eigenvalue weighted by Gasteiger charge is -2.12. The van der Waals surface area contributed by atoms with Gasteiger partial charge in [0.15, 0.2) is 11.9 Å². The molecule has 116 valence electrons. The number of hydrogen-bond acceptors (Lipinski definition) is 6. The highest BCUT2D eigenvalue weighted by molar-refractivity contribution is 7.92. The average molecular weight is 343 g/mol. The summed E-state index contributed by atoms with van der Waals surface area (Å²) in [4.78, 5) is 27.9. The molecule has 2 N–H and O–H groups in total. The molecule has 1 aliphatic heterocycles. The number of primary amides is 1. The van der Waals surface area contributed by atoms with Crippen molar-refractivity contribution in [3.05, 3.63) is 17.9 Å². The van der Waals surface area contributed by atoms with Gasteiger partial charge in [0, 0.05) is 17.2 Å². The summed E-state index contributed by atoms with van der Waals surface area (Å²) < 4.78 is 31.1. The number of halogens is 1. The van der Waals surface area contributed by atoms with Crippen LogP contribution in [0.3, 0.4) is 0 Å². The minimum Gasteiger partial charge on any atom is -0.610 e. The summed E-state index contributed by atoms with van der Waals surface area (Å²) in [6.07, 6.45) is -0.385. The van der Waals surface area contributed by atoms with Crippen molar-refractivity contribution in [2.24, 2.45) is 5.73 Å². The number of hydrogen-bond donors (Lipinski definition) is 1. The Morgan fingerprint density at radius 3 is 2.95 bits per heavy atom. The molecule has 0 bridgehead atoms. The highest BCUT2D eigenvalue weighted by Crippen LogP contribution is 2.32. The van der Waals surface area contributed by atoms with E-state index in [4.69, 9.17) is 10.5 Å². The Balaban J connectivity index is 2.01. The van der Waals surface area contributed by atoms with Gasteiger partial charge in [-0.1, -0.05) is 11.3 Å². The first kappa shape index (κ1) is 15.0. The van der Waals surface area contributed by atoms with Crippen LogP contribution in [0.2, 0.25) is 0 Å². The summed E-state index contributed by atoms with van der Waals surface area (Å²) >= 11 is -0.244. The van der Waals surface area contributed by atoms with Crippen LogP contribution in [-0.2, 0) is 20.7 Å². The third kappa shape index (κ3) is 2.49. The van der Waals surface area contributed by atoms with Gasteiger partial charge in [0.2, 0.25) is 0 Å². The second-order valence-corrected chi connectivity index (χ2v) is 7.18. The van der Waals surface area contributed by atoms with Crippen LogP contribution in [0.15, 0.2) is 16.5 Å². The number of carbonyl (C=O) groups is 2. The van der Waals surface area contributed by atoms with Crippen LogP contribution in [0.5, 0.6) is 0 Å². The van der Waals surface area contributed by atoms with Crippen molar-refractivity contribution < 1.29 is 23.3 Å². The number of benzene rings is 1. The molecule has 7 nitrogen and oxygen atoms in total. The molecule has 2 amide bonds. The van der Waals surface area contributed by atoms with Gasteiger partial charge in [-0.3, -0.25) is 9.69 Å². The van der Waals surface area contributed by atoms with Gasteiger partial charge in [0.05, 0.1) is 16.9 Å². The molecule has 1 aromatic carbocycles. The molecule has 1 aliphatic rings. The number of carbonyl (C=O) groups excluding carboxylic acids is 2. The van der Waals surface area contributed by atoms with Gasteiger partial charge in [0.25, 0.3) is 5.91 Å². The largest absolute Gasteiger partial charge is 0.610 e. The molecule has 3 rings (SSSR count). The number of cyclic esters (lactones) is 1. The van der Waals surface area contributed by atoms with Crippen molar-refractivity contribution in [3.63, 3.8) is 0 Å². The summed E-state index contributed by atoms with van der Waals surface area (Å²) in [6, 6.07) is 2.66. The third-order valence-electron chi connectivity index (χ3n) is 3.10. The standard InChI is InChI=1S/C12H10FN3O4S2/c1-22(19)11-15-9-6(13)2-5(3-8(9)21-11)16-4-7(10(14)17)20-12(16)18/h2-3,7H,4H2,1H3,(H2,14,17)/t7-,22?/m1/s1. The topological polar surface area (TPSA) is 109 Å². The van der Waals surface area contributed by atoms with Crippen LogP contribution in [0.4, 0.5) is 14.9 Å². The van der Waals surface area contributed by atoms with E-state index in [0.29, 0.717) is 9.04 Å². The first-order chi connectivity index (χ1) is 10.4. The van der Waals surface area contributed by atoms with E-state index in [2.05, 4.69) is 4.98 Å². The predicted molar refractivity (Wildman–Crippen MR) is 78.7 cm³/mol. The molecule has 10 heteroatoms. The van der Waals surface area contributed by atoms with E-state index in [0.717, 1.165) is 22.3 Å². The summed E-state index contributed by atoms with van der Waals surface area (Å²) in [6.45, 7) is -0.0789. The van der Waals surface area contributed by atoms with E-state index in [-0.39, 0.29) is 17.7 Å². The minimum absolute atomic E-state index is 0.0789. The van der Waals surface area contributed by atoms with Gasteiger partial charge in [-0.2, -0.15) is 4.98 Å². The quantitative estimate of drug-likeness (QED) is 0.836. The number of nitrogens with two attached hydrogens (primary N) is 1. The van der Waals surface area contributed by atoms with Gasteiger partial charge in [-0.15, -0.1) is 0 Å². The van der Waals surface area contributed by atoms with Crippen LogP contribution in [-0.4, -0.2) is 40.4 Å². The first-order valence-electron chi connectivity index (χ1n) is 6.08. The fourth-order valence-corrected chi connectivity index (χ4v) is 3.76. The van der Waals surface area contributed by atoms with E-state index in [1.54, 1.807) is 0 Å². The van der Waals surface area contributed by atoms with E-state index in [9.17, 15) is 18.5 Å². The summed E-state index contributed by atoms with van der Waals surface area (Å²) in [5.74, 6) is -1.41. The fourth-order valence-electron chi connectivity index (χ4n) is 2.06. The Hall–Kier alpha value is -1.91. The zero-order valence-corrected chi connectivity index (χ0v) is 12.9. The lowest BCUT2D eigenvalue weighted by atomic mass is 10.2. The average Bonchev–Trinajstić information content (AvgIpc) is 3.02. The zero-order chi connectivity index (χ0) is 16.0. The Kier molecular flexibility index (Phi) is 3.67. The smallest absolute Gasteiger partial charge is 0.415 e. The van der Waals surface area contributed by atoms with Crippen molar-refractivity contribution in [2.45, 2.75) is 10.4 Å². The molecule has 0 radical (unpaired) electrons. The third-order valence-corrected chi connectivity index (χ3v) is 5.43. The normalized spacial score (nSPS) is 19.5. The van der Waals surface area contributed by atoms with Crippen LogP contribution in [0.1, 0.15) is 0 Å². The van der Waals surface area contributed by atoms with Gasteiger partial charge in [-0.25, -0.2) is 9.18 Å². The number of fused-ring (bicyclic) bond motifs is 1. The number of amides is 2. The highest BCUT2D eigenvalue weighted by atomic mass is 32.2. The van der Waals surface area contributed by atoms with E-state index in [1.807, 2.05) is 0 Å². The van der Waals surface area contributed by atoms with Crippen LogP contribution in [0, 0.1) is 5.82 Å². The number of ether oxygens (including phenoxy) is 1. The number of thiazole rings is 1. The number of rotatable bonds is 3. The van der Waals surface area contributed by atoms with E-state index < -0.39 is 35.1 Å². The minimum atomic E-state index is -1.32. The van der Waals surface area contributed by atoms with Gasteiger partial charge >= 0.3 is 10.4 Å². The molecule has 0 spiro atoms. The van der Waals surface area contributed by atoms with Crippen LogP contribution >= 0.6 is 11.3 Å². The molecule has 2 atom stereocenters. The van der Waals surface area contributed by atoms with Crippen molar-refractivity contribution >= 4 is 50.4 Å². The van der Waals surface area contributed by atoms with Crippen molar-refractivity contribution in [3.8, 4) is 0 Å². The van der Waals surface area contributed by atoms with Crippen molar-refractivity contribution in [2.75, 3.05) is 17.7 Å². The monoisotopic (exact) mass is 343 g/mol. The molecule has 0 saturated carbocycles. The number of anilines is 1. The van der Waals surface area contributed by atoms with Gasteiger partial charge < -0.3 is 15.0 Å². The fraction of sp³-hybridized carbons (Fsp3) is 0.250. The number of nitrogens with zero attached hydrogens (tertiary/aromatic N) is 2. The Labute approximate surface area is 131 Å². The maximum Gasteiger partial charge on any atom is 0.415 e. The van der Waals surface area contributed by atoms with Gasteiger partial charge in [-0.05, 0) is 6.07 Å². The SMILES string of the molecule is C[S+]([O-])c1nc2c(F)cc(N3C[C@H](C(N)=O)OC3=O)cc2s1. The molecule has 1 fully saturated rings. The lowest BCUT2D eigenvalue weighted by Crippen LogP contribution is -2.32. The molecule has 1 saturated heterocycles. The molecule has 1 aromatic heterocycles. The summed E-state index contributed by atoms with van der Waals surface area (Å²) in [5, 5.41) is 0. The predicted octanol–water partition coefficient (Wildman–Crippen LogP) is 0.983. The molecular weight excluding hydrogens is 333 g/mol. The second kappa shape index (κ2) is 5.38. The Bertz CT molecular complexity index is 779. The highest BCUT2D eigenvalue weighted by Gasteiger charge is 2.36. The maximum atomic E-state index is 14.1. The zero-order valence-electron chi connectivity index (χ0n) is 11.2. The molecule has 2 aromatic rings. The molecular formula is C12H10FN3O4S2. The van der Waals surface area contributed by atoms with Crippen molar-refractivity contribution in [1.82, 2.24) is 4.98 Å². The van der Waals surface area contributed by atoms with Crippen molar-refractivity contribution in [1.29, 1.82) is 0 Å². The van der Waals surface area contributed by atoms with E-state index >= 15 is 0 Å². The second-order valence-electron chi connectivity index (χ2n) is 4.59. The Morgan fingerprint density at radius 2 is 2.36 bits per heavy atom. The van der Waals surface area contributed by atoms with E-state index in [1.165, 1.54) is 12.3 Å². The lowest BCUT2D eigenvalue weighted by molar-refractivity contribution is -0.124. The molecule has 0 aliphatic carbocycles. The van der Waals surface area contributed by atoms with Gasteiger partial charge in [0.1, 0.15) is 11.8 Å². The summed E-state index contributed by atoms with van der Waals surface area (Å²) in [7, 11) is 0. The Morgan fingerprint density at radius 1 is 1.64 bits per heavy atom. The van der Waals surface area contributed by atoms with Crippen LogP contribution in [0.25, 0.3) is 10.2 Å².